The van der Waals surface area contributed by atoms with Crippen LogP contribution in [0.1, 0.15) is 52.1 Å². The van der Waals surface area contributed by atoms with Crippen LogP contribution in [0.15, 0.2) is 66.7 Å². The molecule has 0 saturated heterocycles. The average molecular weight is 367 g/mol. The molecule has 140 valence electrons. The molecule has 0 aliphatic heterocycles. The molecule has 2 nitrogen and oxygen atoms in total. The molecule has 0 saturated carbocycles. The highest BCUT2D eigenvalue weighted by atomic mass is 16.1. The molecular formula is C26H25NO. The number of carbonyl (C=O) groups excluding carboxylic acids is 1. The molecule has 2 heteroatoms. The zero-order valence-electron chi connectivity index (χ0n) is 16.6. The third kappa shape index (κ3) is 2.37. The molecule has 0 aromatic heterocycles. The van der Waals surface area contributed by atoms with Crippen molar-refractivity contribution in [2.24, 2.45) is 11.8 Å². The summed E-state index contributed by atoms with van der Waals surface area (Å²) >= 11 is 0. The monoisotopic (exact) mass is 367 g/mol. The molecule has 2 atom stereocenters. The van der Waals surface area contributed by atoms with Crippen LogP contribution in [0, 0.1) is 25.7 Å². The number of hydrogen-bond donors (Lipinski definition) is 1. The van der Waals surface area contributed by atoms with Gasteiger partial charge in [0, 0.05) is 17.5 Å². The Hall–Kier alpha value is -2.87. The van der Waals surface area contributed by atoms with Crippen molar-refractivity contribution in [3.63, 3.8) is 0 Å². The maximum atomic E-state index is 13.5. The van der Waals surface area contributed by atoms with Gasteiger partial charge in [0.25, 0.3) is 0 Å². The van der Waals surface area contributed by atoms with E-state index in [4.69, 9.17) is 0 Å². The Morgan fingerprint density at radius 2 is 1.29 bits per heavy atom. The predicted octanol–water partition coefficient (Wildman–Crippen LogP) is 5.79. The third-order valence-corrected chi connectivity index (χ3v) is 6.95. The van der Waals surface area contributed by atoms with E-state index in [1.807, 2.05) is 12.1 Å². The Bertz CT molecular complexity index is 1040. The molecule has 3 aliphatic rings. The second-order valence-electron chi connectivity index (χ2n) is 8.33. The number of anilines is 1. The van der Waals surface area contributed by atoms with Crippen molar-refractivity contribution < 1.29 is 4.79 Å². The van der Waals surface area contributed by atoms with Gasteiger partial charge in [-0.25, -0.2) is 0 Å². The van der Waals surface area contributed by atoms with E-state index in [0.29, 0.717) is 0 Å². The van der Waals surface area contributed by atoms with Gasteiger partial charge in [-0.1, -0.05) is 67.6 Å². The number of fused-ring (bicyclic) bond motifs is 1. The van der Waals surface area contributed by atoms with E-state index < -0.39 is 0 Å². The SMILES string of the molecule is Cc1cccc(NC(=O)[C@H]2C3c4ccccc4C(c4ccccc43)[C@@H]2C)c1C. The van der Waals surface area contributed by atoms with Crippen LogP contribution in [0.2, 0.25) is 0 Å². The summed E-state index contributed by atoms with van der Waals surface area (Å²) in [7, 11) is 0. The van der Waals surface area contributed by atoms with Gasteiger partial charge in [0.05, 0.1) is 5.92 Å². The largest absolute Gasteiger partial charge is 0.326 e. The zero-order valence-corrected chi connectivity index (χ0v) is 16.6. The molecule has 3 aliphatic carbocycles. The molecule has 28 heavy (non-hydrogen) atoms. The predicted molar refractivity (Wildman–Crippen MR) is 114 cm³/mol. The summed E-state index contributed by atoms with van der Waals surface area (Å²) < 4.78 is 0. The van der Waals surface area contributed by atoms with Crippen LogP contribution in [0.3, 0.4) is 0 Å². The lowest BCUT2D eigenvalue weighted by Crippen LogP contribution is -2.44. The Morgan fingerprint density at radius 1 is 0.750 bits per heavy atom. The van der Waals surface area contributed by atoms with Crippen molar-refractivity contribution in [2.45, 2.75) is 32.6 Å². The first-order chi connectivity index (χ1) is 13.6. The van der Waals surface area contributed by atoms with Gasteiger partial charge in [0.2, 0.25) is 5.91 Å². The summed E-state index contributed by atoms with van der Waals surface area (Å²) in [6.07, 6.45) is 0. The van der Waals surface area contributed by atoms with Crippen molar-refractivity contribution in [3.8, 4) is 0 Å². The molecular weight excluding hydrogens is 342 g/mol. The molecule has 3 aromatic carbocycles. The van der Waals surface area contributed by atoms with Crippen molar-refractivity contribution >= 4 is 11.6 Å². The maximum Gasteiger partial charge on any atom is 0.228 e. The van der Waals surface area contributed by atoms with Crippen molar-refractivity contribution in [1.29, 1.82) is 0 Å². The molecule has 0 unspecified atom stereocenters. The smallest absolute Gasteiger partial charge is 0.228 e. The van der Waals surface area contributed by atoms with Crippen molar-refractivity contribution in [3.05, 3.63) is 100 Å². The van der Waals surface area contributed by atoms with E-state index in [1.54, 1.807) is 0 Å². The minimum atomic E-state index is -0.0605. The molecule has 0 spiro atoms. The van der Waals surface area contributed by atoms with E-state index >= 15 is 0 Å². The topological polar surface area (TPSA) is 29.1 Å². The van der Waals surface area contributed by atoms with E-state index in [1.165, 1.54) is 27.8 Å². The number of benzene rings is 3. The number of rotatable bonds is 2. The quantitative estimate of drug-likeness (QED) is 0.611. The lowest BCUT2D eigenvalue weighted by Gasteiger charge is -2.49. The minimum absolute atomic E-state index is 0.0605. The van der Waals surface area contributed by atoms with Crippen LogP contribution < -0.4 is 5.32 Å². The van der Waals surface area contributed by atoms with Crippen molar-refractivity contribution in [1.82, 2.24) is 0 Å². The second kappa shape index (κ2) is 6.34. The molecule has 1 amide bonds. The van der Waals surface area contributed by atoms with Gasteiger partial charge in [0.15, 0.2) is 0 Å². The van der Waals surface area contributed by atoms with Crippen molar-refractivity contribution in [2.75, 3.05) is 5.32 Å². The van der Waals surface area contributed by atoms with Gasteiger partial charge < -0.3 is 5.32 Å². The zero-order chi connectivity index (χ0) is 19.4. The van der Waals surface area contributed by atoms with Crippen LogP contribution in [-0.4, -0.2) is 5.91 Å². The standard InChI is InChI=1S/C26H25NO/c1-15-9-8-14-22(16(15)2)27-26(28)24-17(3)23-18-10-4-6-12-20(18)25(24)21-13-7-5-11-19(21)23/h4-14,17,23-25H,1-3H3,(H,27,28)/t17-,23?,24+,25?/m0/s1. The van der Waals surface area contributed by atoms with E-state index in [0.717, 1.165) is 11.3 Å². The fourth-order valence-electron chi connectivity index (χ4n) is 5.45. The molecule has 6 rings (SSSR count). The van der Waals surface area contributed by atoms with Gasteiger partial charge in [-0.3, -0.25) is 4.79 Å². The highest BCUT2D eigenvalue weighted by Gasteiger charge is 2.50. The van der Waals surface area contributed by atoms with Gasteiger partial charge in [-0.2, -0.15) is 0 Å². The number of carbonyl (C=O) groups is 1. The Morgan fingerprint density at radius 3 is 1.86 bits per heavy atom. The summed E-state index contributed by atoms with van der Waals surface area (Å²) in [4.78, 5) is 13.5. The second-order valence-corrected chi connectivity index (χ2v) is 8.33. The van der Waals surface area contributed by atoms with E-state index in [9.17, 15) is 4.79 Å². The van der Waals surface area contributed by atoms with Gasteiger partial charge in [0.1, 0.15) is 0 Å². The van der Waals surface area contributed by atoms with Crippen LogP contribution in [0.4, 0.5) is 5.69 Å². The fraction of sp³-hybridized carbons (Fsp3) is 0.269. The number of aryl methyl sites for hydroxylation is 1. The first-order valence-corrected chi connectivity index (χ1v) is 10.1. The summed E-state index contributed by atoms with van der Waals surface area (Å²) in [6, 6.07) is 23.5. The van der Waals surface area contributed by atoms with E-state index in [-0.39, 0.29) is 29.6 Å². The molecule has 1 N–H and O–H groups in total. The van der Waals surface area contributed by atoms with Crippen LogP contribution in [0.25, 0.3) is 0 Å². The van der Waals surface area contributed by atoms with Crippen LogP contribution in [0.5, 0.6) is 0 Å². The maximum absolute atomic E-state index is 13.5. The normalized spacial score (nSPS) is 24.4. The summed E-state index contributed by atoms with van der Waals surface area (Å²) in [5.74, 6) is 0.749. The van der Waals surface area contributed by atoms with Gasteiger partial charge in [-0.05, 0) is 59.2 Å². The molecule has 0 heterocycles. The lowest BCUT2D eigenvalue weighted by molar-refractivity contribution is -0.122. The van der Waals surface area contributed by atoms with Gasteiger partial charge >= 0.3 is 0 Å². The minimum Gasteiger partial charge on any atom is -0.326 e. The van der Waals surface area contributed by atoms with Crippen LogP contribution in [-0.2, 0) is 4.79 Å². The highest BCUT2D eigenvalue weighted by molar-refractivity contribution is 5.95. The summed E-state index contributed by atoms with van der Waals surface area (Å²) in [5.41, 5.74) is 8.72. The average Bonchev–Trinajstić information content (AvgIpc) is 2.71. The summed E-state index contributed by atoms with van der Waals surface area (Å²) in [6.45, 7) is 6.41. The number of hydrogen-bond acceptors (Lipinski definition) is 1. The molecule has 0 fully saturated rings. The number of nitrogens with one attached hydrogen (secondary N) is 1. The first kappa shape index (κ1) is 17.2. The highest BCUT2D eigenvalue weighted by Crippen LogP contribution is 2.58. The fourth-order valence-corrected chi connectivity index (χ4v) is 5.45. The Kier molecular flexibility index (Phi) is 3.90. The molecule has 2 bridgehead atoms. The molecule has 3 aromatic rings. The van der Waals surface area contributed by atoms with Crippen LogP contribution >= 0.6 is 0 Å². The molecule has 0 radical (unpaired) electrons. The third-order valence-electron chi connectivity index (χ3n) is 6.95. The lowest BCUT2D eigenvalue weighted by atomic mass is 9.54. The number of amides is 1. The Balaban J connectivity index is 1.60. The Labute approximate surface area is 166 Å². The first-order valence-electron chi connectivity index (χ1n) is 10.1. The van der Waals surface area contributed by atoms with Gasteiger partial charge in [-0.15, -0.1) is 0 Å². The summed E-state index contributed by atoms with van der Waals surface area (Å²) in [5, 5.41) is 3.26. The van der Waals surface area contributed by atoms with E-state index in [2.05, 4.69) is 80.7 Å².